The van der Waals surface area contributed by atoms with Crippen LogP contribution in [0.5, 0.6) is 5.75 Å². The molecule has 0 unspecified atom stereocenters. The number of β-amino-alcohol motifs (C(OH)–C–C–N with tert-alkyl or cyclic N) is 1. The molecule has 4 heterocycles. The van der Waals surface area contributed by atoms with Crippen LogP contribution in [-0.4, -0.2) is 67.2 Å². The highest BCUT2D eigenvalue weighted by atomic mass is 19.1. The molecule has 1 N–H and O–H groups in total. The molecule has 34 heavy (non-hydrogen) atoms. The molecule has 0 saturated carbocycles. The van der Waals surface area contributed by atoms with Crippen molar-refractivity contribution in [3.8, 4) is 34.3 Å². The van der Waals surface area contributed by atoms with E-state index in [1.807, 2.05) is 16.8 Å². The molecule has 4 aromatic rings. The lowest BCUT2D eigenvalue weighted by Crippen LogP contribution is -2.46. The molecule has 0 aliphatic carbocycles. The summed E-state index contributed by atoms with van der Waals surface area (Å²) in [6, 6.07) is 9.54. The van der Waals surface area contributed by atoms with Gasteiger partial charge in [0.25, 0.3) is 0 Å². The third kappa shape index (κ3) is 3.55. The smallest absolute Gasteiger partial charge is 0.183 e. The summed E-state index contributed by atoms with van der Waals surface area (Å²) in [5.74, 6) is 0.911. The van der Waals surface area contributed by atoms with Crippen molar-refractivity contribution in [3.05, 3.63) is 66.1 Å². The fourth-order valence-electron chi connectivity index (χ4n) is 4.61. The highest BCUT2D eigenvalue weighted by Gasteiger charge is 2.29. The first kappa shape index (κ1) is 20.9. The lowest BCUT2D eigenvalue weighted by Gasteiger charge is -2.39. The molecule has 174 valence electrons. The van der Waals surface area contributed by atoms with Crippen LogP contribution < -0.4 is 4.74 Å². The summed E-state index contributed by atoms with van der Waals surface area (Å²) >= 11 is 0. The van der Waals surface area contributed by atoms with Crippen LogP contribution in [-0.2, 0) is 6.54 Å². The SMILES string of the molecule is OCCN1CC(c2ccc3c(c2)OCCn2cc(-c4ncnn4-c4ccc(F)cc4F)nc2-3)C1. The molecule has 10 heteroatoms. The van der Waals surface area contributed by atoms with Crippen LogP contribution in [0.4, 0.5) is 8.78 Å². The molecule has 0 atom stereocenters. The van der Waals surface area contributed by atoms with Gasteiger partial charge in [-0.05, 0) is 29.8 Å². The van der Waals surface area contributed by atoms with Crippen molar-refractivity contribution in [3.63, 3.8) is 0 Å². The molecule has 2 aromatic carbocycles. The minimum absolute atomic E-state index is 0.0983. The Balaban J connectivity index is 1.34. The van der Waals surface area contributed by atoms with Gasteiger partial charge < -0.3 is 14.4 Å². The first-order valence-electron chi connectivity index (χ1n) is 11.1. The molecule has 2 aromatic heterocycles. The number of benzene rings is 2. The van der Waals surface area contributed by atoms with Crippen LogP contribution in [0.2, 0.25) is 0 Å². The Kier molecular flexibility index (Phi) is 5.11. The van der Waals surface area contributed by atoms with Gasteiger partial charge in [0.1, 0.15) is 41.7 Å². The van der Waals surface area contributed by atoms with Crippen molar-refractivity contribution in [1.29, 1.82) is 0 Å². The third-order valence-electron chi connectivity index (χ3n) is 6.37. The Morgan fingerprint density at radius 2 is 1.97 bits per heavy atom. The highest BCUT2D eigenvalue weighted by molar-refractivity contribution is 5.69. The second-order valence-corrected chi connectivity index (χ2v) is 8.52. The van der Waals surface area contributed by atoms with Crippen molar-refractivity contribution in [2.45, 2.75) is 12.5 Å². The third-order valence-corrected chi connectivity index (χ3v) is 6.37. The quantitative estimate of drug-likeness (QED) is 0.489. The first-order chi connectivity index (χ1) is 16.6. The summed E-state index contributed by atoms with van der Waals surface area (Å²) in [4.78, 5) is 11.3. The van der Waals surface area contributed by atoms with Crippen molar-refractivity contribution in [2.24, 2.45) is 0 Å². The highest BCUT2D eigenvalue weighted by Crippen LogP contribution is 2.37. The normalized spacial score (nSPS) is 15.9. The van der Waals surface area contributed by atoms with Gasteiger partial charge in [-0.1, -0.05) is 6.07 Å². The predicted molar refractivity (Wildman–Crippen MR) is 120 cm³/mol. The van der Waals surface area contributed by atoms with E-state index in [0.717, 1.165) is 36.3 Å². The van der Waals surface area contributed by atoms with Crippen LogP contribution in [0.3, 0.4) is 0 Å². The van der Waals surface area contributed by atoms with Gasteiger partial charge in [0.2, 0.25) is 0 Å². The number of imidazole rings is 1. The van der Waals surface area contributed by atoms with Gasteiger partial charge in [0, 0.05) is 37.8 Å². The summed E-state index contributed by atoms with van der Waals surface area (Å²) in [6.45, 7) is 3.80. The van der Waals surface area contributed by atoms with E-state index < -0.39 is 11.6 Å². The minimum atomic E-state index is -0.729. The van der Waals surface area contributed by atoms with Crippen molar-refractivity contribution >= 4 is 0 Å². The molecule has 2 aliphatic rings. The first-order valence-corrected chi connectivity index (χ1v) is 11.1. The number of aliphatic hydroxyl groups excluding tert-OH is 1. The largest absolute Gasteiger partial charge is 0.491 e. The molecule has 2 aliphatic heterocycles. The Labute approximate surface area is 194 Å². The zero-order valence-corrected chi connectivity index (χ0v) is 18.2. The second-order valence-electron chi connectivity index (χ2n) is 8.52. The van der Waals surface area contributed by atoms with E-state index in [-0.39, 0.29) is 12.3 Å². The van der Waals surface area contributed by atoms with Crippen LogP contribution in [0.25, 0.3) is 28.6 Å². The molecular formula is C24H22F2N6O2. The van der Waals surface area contributed by atoms with Gasteiger partial charge in [-0.15, -0.1) is 0 Å². The Morgan fingerprint density at radius 1 is 1.09 bits per heavy atom. The van der Waals surface area contributed by atoms with E-state index in [9.17, 15) is 8.78 Å². The van der Waals surface area contributed by atoms with E-state index >= 15 is 0 Å². The standard InChI is InChI=1S/C24H22F2N6O2/c25-17-2-4-21(19(26)10-17)32-24(27-14-28-32)20-13-31-6-8-34-22-9-15(1-3-18(22)23(31)29-20)16-11-30(12-16)5-7-33/h1-4,9-10,13-14,16,33H,5-8,11-12H2. The zero-order valence-electron chi connectivity index (χ0n) is 18.2. The summed E-state index contributed by atoms with van der Waals surface area (Å²) in [6.07, 6.45) is 3.17. The summed E-state index contributed by atoms with van der Waals surface area (Å²) in [5.41, 5.74) is 2.71. The average Bonchev–Trinajstić information content (AvgIpc) is 3.40. The number of fused-ring (bicyclic) bond motifs is 3. The number of nitrogens with zero attached hydrogens (tertiary/aromatic N) is 6. The summed E-state index contributed by atoms with van der Waals surface area (Å²) in [7, 11) is 0. The number of halogens is 2. The fourth-order valence-corrected chi connectivity index (χ4v) is 4.61. The van der Waals surface area contributed by atoms with Gasteiger partial charge in [-0.25, -0.2) is 23.4 Å². The maximum absolute atomic E-state index is 14.4. The number of rotatable bonds is 5. The monoisotopic (exact) mass is 464 g/mol. The van der Waals surface area contributed by atoms with Gasteiger partial charge >= 0.3 is 0 Å². The van der Waals surface area contributed by atoms with E-state index in [1.54, 1.807) is 0 Å². The van der Waals surface area contributed by atoms with E-state index in [2.05, 4.69) is 27.1 Å². The molecule has 0 radical (unpaired) electrons. The number of hydrogen-bond acceptors (Lipinski definition) is 6. The maximum atomic E-state index is 14.4. The topological polar surface area (TPSA) is 81.2 Å². The number of likely N-dealkylation sites (tertiary alicyclic amines) is 1. The molecule has 0 bridgehead atoms. The van der Waals surface area contributed by atoms with E-state index in [1.165, 1.54) is 28.7 Å². The molecule has 1 saturated heterocycles. The molecule has 0 amide bonds. The number of ether oxygens (including phenoxy) is 1. The summed E-state index contributed by atoms with van der Waals surface area (Å²) in [5, 5.41) is 13.2. The predicted octanol–water partition coefficient (Wildman–Crippen LogP) is 2.86. The number of hydrogen-bond donors (Lipinski definition) is 1. The minimum Gasteiger partial charge on any atom is -0.491 e. The fraction of sp³-hybridized carbons (Fsp3) is 0.292. The lowest BCUT2D eigenvalue weighted by atomic mass is 9.90. The average molecular weight is 464 g/mol. The number of aliphatic hydroxyl groups is 1. The van der Waals surface area contributed by atoms with Crippen molar-refractivity contribution < 1.29 is 18.6 Å². The van der Waals surface area contributed by atoms with Gasteiger partial charge in [-0.3, -0.25) is 4.90 Å². The van der Waals surface area contributed by atoms with E-state index in [4.69, 9.17) is 14.8 Å². The van der Waals surface area contributed by atoms with Gasteiger partial charge in [0.15, 0.2) is 11.6 Å². The van der Waals surface area contributed by atoms with Crippen LogP contribution >= 0.6 is 0 Å². The van der Waals surface area contributed by atoms with Crippen molar-refractivity contribution in [1.82, 2.24) is 29.2 Å². The molecule has 6 rings (SSSR count). The zero-order chi connectivity index (χ0) is 23.2. The van der Waals surface area contributed by atoms with E-state index in [0.29, 0.717) is 37.1 Å². The lowest BCUT2D eigenvalue weighted by molar-refractivity contribution is 0.115. The maximum Gasteiger partial charge on any atom is 0.183 e. The Morgan fingerprint density at radius 3 is 2.79 bits per heavy atom. The molecule has 1 fully saturated rings. The molecule has 8 nitrogen and oxygen atoms in total. The van der Waals surface area contributed by atoms with Crippen molar-refractivity contribution in [2.75, 3.05) is 32.8 Å². The Hall–Kier alpha value is -3.63. The Bertz CT molecular complexity index is 1360. The van der Waals surface area contributed by atoms with Crippen LogP contribution in [0, 0.1) is 11.6 Å². The van der Waals surface area contributed by atoms with Crippen LogP contribution in [0.1, 0.15) is 11.5 Å². The number of aromatic nitrogens is 5. The summed E-state index contributed by atoms with van der Waals surface area (Å²) < 4.78 is 37.1. The molecule has 0 spiro atoms. The molecular weight excluding hydrogens is 442 g/mol. The van der Waals surface area contributed by atoms with Gasteiger partial charge in [0.05, 0.1) is 18.7 Å². The van der Waals surface area contributed by atoms with Crippen LogP contribution in [0.15, 0.2) is 48.9 Å². The van der Waals surface area contributed by atoms with Gasteiger partial charge in [-0.2, -0.15) is 5.10 Å². The second kappa shape index (κ2) is 8.30.